The maximum Gasteiger partial charge on any atom is 0.325 e. The van der Waals surface area contributed by atoms with Crippen LogP contribution in [0.1, 0.15) is 18.1 Å². The number of rotatable bonds is 3. The molecule has 1 aliphatic heterocycles. The fraction of sp³-hybridized carbons (Fsp3) is 0.176. The van der Waals surface area contributed by atoms with Crippen LogP contribution < -0.4 is 5.32 Å². The molecule has 26 heavy (non-hydrogen) atoms. The van der Waals surface area contributed by atoms with Gasteiger partial charge in [-0.15, -0.1) is 0 Å². The Bertz CT molecular complexity index is 890. The molecule has 1 N–H and O–H groups in total. The summed E-state index contributed by atoms with van der Waals surface area (Å²) in [6.45, 7) is 0.278. The van der Waals surface area contributed by atoms with Crippen molar-refractivity contribution in [2.45, 2.75) is 19.0 Å². The van der Waals surface area contributed by atoms with E-state index in [4.69, 9.17) is 0 Å². The van der Waals surface area contributed by atoms with Gasteiger partial charge in [0.15, 0.2) is 23.3 Å². The summed E-state index contributed by atoms with van der Waals surface area (Å²) in [5.41, 5.74) is -2.39. The third kappa shape index (κ3) is 2.51. The van der Waals surface area contributed by atoms with Crippen LogP contribution in [0, 0.1) is 29.1 Å². The largest absolute Gasteiger partial charge is 0.325 e. The van der Waals surface area contributed by atoms with Gasteiger partial charge in [-0.3, -0.25) is 9.69 Å². The van der Waals surface area contributed by atoms with Crippen molar-refractivity contribution in [2.75, 3.05) is 0 Å². The van der Waals surface area contributed by atoms with E-state index in [1.165, 1.54) is 6.92 Å². The minimum atomic E-state index is -2.31. The van der Waals surface area contributed by atoms with Gasteiger partial charge in [0.1, 0.15) is 5.54 Å². The molecule has 0 radical (unpaired) electrons. The second-order valence-corrected chi connectivity index (χ2v) is 5.86. The lowest BCUT2D eigenvalue weighted by atomic mass is 9.92. The molecule has 4 nitrogen and oxygen atoms in total. The van der Waals surface area contributed by atoms with Crippen molar-refractivity contribution >= 4 is 11.9 Å². The zero-order chi connectivity index (χ0) is 19.2. The minimum Gasteiger partial charge on any atom is -0.319 e. The third-order valence-corrected chi connectivity index (χ3v) is 4.24. The summed E-state index contributed by atoms with van der Waals surface area (Å²) in [4.78, 5) is 25.2. The highest BCUT2D eigenvalue weighted by molar-refractivity contribution is 6.07. The van der Waals surface area contributed by atoms with Crippen molar-refractivity contribution in [1.29, 1.82) is 0 Å². The van der Waals surface area contributed by atoms with Crippen molar-refractivity contribution < 1.29 is 31.5 Å². The summed E-state index contributed by atoms with van der Waals surface area (Å²) in [7, 11) is 0. The van der Waals surface area contributed by atoms with Crippen LogP contribution in [0.5, 0.6) is 0 Å². The number of hydrogen-bond donors (Lipinski definition) is 1. The summed E-state index contributed by atoms with van der Waals surface area (Å²) in [5.74, 6) is -11.6. The van der Waals surface area contributed by atoms with Crippen LogP contribution in [-0.4, -0.2) is 16.8 Å². The Labute approximate surface area is 144 Å². The van der Waals surface area contributed by atoms with Crippen molar-refractivity contribution in [1.82, 2.24) is 10.2 Å². The van der Waals surface area contributed by atoms with Crippen molar-refractivity contribution in [2.24, 2.45) is 0 Å². The van der Waals surface area contributed by atoms with Gasteiger partial charge < -0.3 is 5.32 Å². The maximum absolute atomic E-state index is 13.8. The van der Waals surface area contributed by atoms with Gasteiger partial charge in [-0.2, -0.15) is 0 Å². The van der Waals surface area contributed by atoms with Gasteiger partial charge in [-0.1, -0.05) is 30.3 Å². The first-order chi connectivity index (χ1) is 12.2. The number of nitrogens with zero attached hydrogens (tertiary/aromatic N) is 1. The number of imide groups is 1. The SMILES string of the molecule is CC1(c2ccccc2)NC(=O)N(Cc2c(F)c(F)c(F)c(F)c2F)C1=O. The number of carbonyl (C=O) groups is 2. The van der Waals surface area contributed by atoms with Gasteiger partial charge >= 0.3 is 6.03 Å². The molecule has 1 aliphatic rings. The lowest BCUT2D eigenvalue weighted by Crippen LogP contribution is -2.40. The fourth-order valence-electron chi connectivity index (χ4n) is 2.75. The second kappa shape index (κ2) is 6.08. The number of benzene rings is 2. The monoisotopic (exact) mass is 370 g/mol. The van der Waals surface area contributed by atoms with Crippen LogP contribution in [0.15, 0.2) is 30.3 Å². The molecule has 1 atom stereocenters. The molecule has 1 saturated heterocycles. The second-order valence-electron chi connectivity index (χ2n) is 5.86. The summed E-state index contributed by atoms with van der Waals surface area (Å²) in [6.07, 6.45) is 0. The summed E-state index contributed by atoms with van der Waals surface area (Å²) in [6, 6.07) is 7.02. The zero-order valence-electron chi connectivity index (χ0n) is 13.2. The van der Waals surface area contributed by atoms with E-state index in [0.717, 1.165) is 0 Å². The van der Waals surface area contributed by atoms with Gasteiger partial charge in [-0.05, 0) is 12.5 Å². The lowest BCUT2D eigenvalue weighted by molar-refractivity contribution is -0.131. The topological polar surface area (TPSA) is 49.4 Å². The highest BCUT2D eigenvalue weighted by atomic mass is 19.2. The molecule has 0 aromatic heterocycles. The number of urea groups is 1. The summed E-state index contributed by atoms with van der Waals surface area (Å²) < 4.78 is 67.4. The molecule has 0 aliphatic carbocycles. The van der Waals surface area contributed by atoms with Crippen molar-refractivity contribution in [3.05, 3.63) is 70.5 Å². The molecular weight excluding hydrogens is 359 g/mol. The van der Waals surface area contributed by atoms with Crippen LogP contribution in [-0.2, 0) is 16.9 Å². The molecule has 0 saturated carbocycles. The number of hydrogen-bond acceptors (Lipinski definition) is 2. The molecule has 3 rings (SSSR count). The van der Waals surface area contributed by atoms with Crippen molar-refractivity contribution in [3.8, 4) is 0 Å². The Hall–Kier alpha value is -2.97. The van der Waals surface area contributed by atoms with Gasteiger partial charge in [0.25, 0.3) is 5.91 Å². The van der Waals surface area contributed by atoms with E-state index in [9.17, 15) is 31.5 Å². The normalized spacial score (nSPS) is 19.8. The number of amides is 3. The molecule has 9 heteroatoms. The number of carbonyl (C=O) groups excluding carboxylic acids is 2. The maximum atomic E-state index is 13.8. The zero-order valence-corrected chi connectivity index (χ0v) is 13.2. The molecule has 2 aromatic rings. The molecular formula is C17H11F5N2O2. The van der Waals surface area contributed by atoms with E-state index < -0.39 is 58.7 Å². The van der Waals surface area contributed by atoms with Crippen LogP contribution in [0.4, 0.5) is 26.7 Å². The average molecular weight is 370 g/mol. The molecule has 3 amide bonds. The number of halogens is 5. The summed E-state index contributed by atoms with van der Waals surface area (Å²) in [5, 5.41) is 2.38. The van der Waals surface area contributed by atoms with Gasteiger partial charge in [0.05, 0.1) is 6.54 Å². The number of nitrogens with one attached hydrogen (secondary N) is 1. The predicted molar refractivity (Wildman–Crippen MR) is 79.1 cm³/mol. The molecule has 0 spiro atoms. The first-order valence-corrected chi connectivity index (χ1v) is 7.38. The lowest BCUT2D eigenvalue weighted by Gasteiger charge is -2.22. The van der Waals surface area contributed by atoms with E-state index in [-0.39, 0.29) is 0 Å². The quantitative estimate of drug-likeness (QED) is 0.390. The molecule has 1 fully saturated rings. The first-order valence-electron chi connectivity index (χ1n) is 7.38. The highest BCUT2D eigenvalue weighted by Gasteiger charge is 2.49. The first kappa shape index (κ1) is 17.8. The molecule has 1 heterocycles. The smallest absolute Gasteiger partial charge is 0.319 e. The Morgan fingerprint density at radius 2 is 1.38 bits per heavy atom. The molecule has 2 aromatic carbocycles. The van der Waals surface area contributed by atoms with Crippen LogP contribution >= 0.6 is 0 Å². The summed E-state index contributed by atoms with van der Waals surface area (Å²) >= 11 is 0. The van der Waals surface area contributed by atoms with E-state index in [1.807, 2.05) is 0 Å². The Morgan fingerprint density at radius 1 is 0.885 bits per heavy atom. The van der Waals surface area contributed by atoms with E-state index >= 15 is 0 Å². The standard InChI is InChI=1S/C17H11F5N2O2/c1-17(8-5-3-2-4-6-8)15(25)24(16(26)23-17)7-9-10(18)12(20)14(22)13(21)11(9)19/h2-6H,7H2,1H3,(H,23,26). The Balaban J connectivity index is 2.00. The van der Waals surface area contributed by atoms with Crippen LogP contribution in [0.2, 0.25) is 0 Å². The fourth-order valence-corrected chi connectivity index (χ4v) is 2.75. The van der Waals surface area contributed by atoms with Crippen LogP contribution in [0.25, 0.3) is 0 Å². The average Bonchev–Trinajstić information content (AvgIpc) is 2.86. The van der Waals surface area contributed by atoms with Crippen molar-refractivity contribution in [3.63, 3.8) is 0 Å². The van der Waals surface area contributed by atoms with Gasteiger partial charge in [0.2, 0.25) is 5.82 Å². The van der Waals surface area contributed by atoms with Crippen LogP contribution in [0.3, 0.4) is 0 Å². The highest BCUT2D eigenvalue weighted by Crippen LogP contribution is 2.31. The van der Waals surface area contributed by atoms with Gasteiger partial charge in [-0.25, -0.2) is 26.7 Å². The molecule has 1 unspecified atom stereocenters. The van der Waals surface area contributed by atoms with E-state index in [0.29, 0.717) is 10.5 Å². The third-order valence-electron chi connectivity index (χ3n) is 4.24. The Kier molecular flexibility index (Phi) is 4.17. The molecule has 0 bridgehead atoms. The van der Waals surface area contributed by atoms with Gasteiger partial charge in [0, 0.05) is 5.56 Å². The Morgan fingerprint density at radius 3 is 1.92 bits per heavy atom. The predicted octanol–water partition coefficient (Wildman–Crippen LogP) is 3.35. The molecule has 136 valence electrons. The van der Waals surface area contributed by atoms with E-state index in [1.54, 1.807) is 30.3 Å². The minimum absolute atomic E-state index is 0.401. The van der Waals surface area contributed by atoms with E-state index in [2.05, 4.69) is 5.32 Å².